The largest absolute Gasteiger partial charge is 0.346 e. The number of aromatic nitrogens is 2. The van der Waals surface area contributed by atoms with E-state index >= 15 is 0 Å². The number of rotatable bonds is 5. The first-order chi connectivity index (χ1) is 14.9. The SMILES string of the molecule is Cc1ccc(C(=O)NC(C)c2ccc3[nH]c(=O)[nH]c3c2)cc1NC(=O)c1ccccc1. The second-order valence-electron chi connectivity index (χ2n) is 7.43. The number of aryl methyl sites for hydroxylation is 1. The van der Waals surface area contributed by atoms with Gasteiger partial charge in [0.25, 0.3) is 11.8 Å². The smallest absolute Gasteiger partial charge is 0.323 e. The predicted octanol–water partition coefficient (Wildman–Crippen LogP) is 3.91. The van der Waals surface area contributed by atoms with Gasteiger partial charge in [-0.3, -0.25) is 9.59 Å². The van der Waals surface area contributed by atoms with Crippen LogP contribution in [0, 0.1) is 6.92 Å². The molecule has 2 amide bonds. The number of H-pyrrole nitrogens is 2. The normalized spacial score (nSPS) is 11.8. The molecule has 156 valence electrons. The summed E-state index contributed by atoms with van der Waals surface area (Å²) in [6.07, 6.45) is 0. The Morgan fingerprint density at radius 3 is 2.35 bits per heavy atom. The van der Waals surface area contributed by atoms with Crippen LogP contribution in [0.15, 0.2) is 71.5 Å². The lowest BCUT2D eigenvalue weighted by molar-refractivity contribution is 0.0938. The maximum atomic E-state index is 12.8. The van der Waals surface area contributed by atoms with Gasteiger partial charge in [-0.1, -0.05) is 30.3 Å². The average Bonchev–Trinajstić information content (AvgIpc) is 3.14. The van der Waals surface area contributed by atoms with Gasteiger partial charge in [0.15, 0.2) is 0 Å². The lowest BCUT2D eigenvalue weighted by Crippen LogP contribution is -2.26. The first-order valence-corrected chi connectivity index (χ1v) is 9.90. The highest BCUT2D eigenvalue weighted by Crippen LogP contribution is 2.21. The minimum absolute atomic E-state index is 0.233. The fourth-order valence-corrected chi connectivity index (χ4v) is 3.36. The number of aromatic amines is 2. The quantitative estimate of drug-likeness (QED) is 0.398. The Morgan fingerprint density at radius 2 is 1.58 bits per heavy atom. The van der Waals surface area contributed by atoms with Gasteiger partial charge in [0.2, 0.25) is 0 Å². The zero-order valence-corrected chi connectivity index (χ0v) is 17.2. The van der Waals surface area contributed by atoms with Gasteiger partial charge in [0, 0.05) is 16.8 Å². The molecule has 1 atom stereocenters. The van der Waals surface area contributed by atoms with Gasteiger partial charge >= 0.3 is 5.69 Å². The van der Waals surface area contributed by atoms with Crippen LogP contribution in [-0.2, 0) is 0 Å². The monoisotopic (exact) mass is 414 g/mol. The fraction of sp³-hybridized carbons (Fsp3) is 0.125. The summed E-state index contributed by atoms with van der Waals surface area (Å²) >= 11 is 0. The molecule has 0 saturated carbocycles. The molecule has 0 aliphatic heterocycles. The maximum absolute atomic E-state index is 12.8. The molecule has 4 rings (SSSR count). The zero-order valence-electron chi connectivity index (χ0n) is 17.2. The zero-order chi connectivity index (χ0) is 22.0. The lowest BCUT2D eigenvalue weighted by atomic mass is 10.1. The summed E-state index contributed by atoms with van der Waals surface area (Å²) in [6.45, 7) is 3.74. The van der Waals surface area contributed by atoms with Crippen molar-refractivity contribution in [2.24, 2.45) is 0 Å². The molecule has 7 heteroatoms. The molecule has 0 fully saturated rings. The minimum Gasteiger partial charge on any atom is -0.346 e. The Balaban J connectivity index is 1.50. The minimum atomic E-state index is -0.279. The van der Waals surface area contributed by atoms with Gasteiger partial charge in [-0.2, -0.15) is 0 Å². The van der Waals surface area contributed by atoms with Crippen molar-refractivity contribution in [3.05, 3.63) is 99.5 Å². The van der Waals surface area contributed by atoms with Gasteiger partial charge in [0.05, 0.1) is 17.1 Å². The lowest BCUT2D eigenvalue weighted by Gasteiger charge is -2.16. The predicted molar refractivity (Wildman–Crippen MR) is 120 cm³/mol. The van der Waals surface area contributed by atoms with Crippen LogP contribution < -0.4 is 16.3 Å². The van der Waals surface area contributed by atoms with E-state index in [1.165, 1.54) is 0 Å². The standard InChI is InChI=1S/C24H22N4O3/c1-14-8-9-18(13-20(14)26-22(29)16-6-4-3-5-7-16)23(30)25-15(2)17-10-11-19-21(12-17)28-24(31)27-19/h3-13,15H,1-2H3,(H,25,30)(H,26,29)(H2,27,28,31). The third-order valence-corrected chi connectivity index (χ3v) is 5.17. The molecule has 0 saturated heterocycles. The van der Waals surface area contributed by atoms with E-state index in [2.05, 4.69) is 20.6 Å². The first-order valence-electron chi connectivity index (χ1n) is 9.90. The van der Waals surface area contributed by atoms with Crippen LogP contribution in [-0.4, -0.2) is 21.8 Å². The maximum Gasteiger partial charge on any atom is 0.323 e. The highest BCUT2D eigenvalue weighted by Gasteiger charge is 2.15. The van der Waals surface area contributed by atoms with Crippen LogP contribution in [0.4, 0.5) is 5.69 Å². The van der Waals surface area contributed by atoms with Gasteiger partial charge in [-0.15, -0.1) is 0 Å². The van der Waals surface area contributed by atoms with Gasteiger partial charge in [-0.05, 0) is 61.4 Å². The van der Waals surface area contributed by atoms with Crippen LogP contribution in [0.25, 0.3) is 11.0 Å². The van der Waals surface area contributed by atoms with Crippen molar-refractivity contribution in [1.29, 1.82) is 0 Å². The van der Waals surface area contributed by atoms with E-state index in [1.54, 1.807) is 48.5 Å². The molecule has 0 aliphatic rings. The van der Waals surface area contributed by atoms with E-state index < -0.39 is 0 Å². The fourth-order valence-electron chi connectivity index (χ4n) is 3.36. The van der Waals surface area contributed by atoms with Crippen LogP contribution in [0.2, 0.25) is 0 Å². The van der Waals surface area contributed by atoms with Crippen LogP contribution in [0.5, 0.6) is 0 Å². The van der Waals surface area contributed by atoms with E-state index in [4.69, 9.17) is 0 Å². The highest BCUT2D eigenvalue weighted by molar-refractivity contribution is 6.05. The van der Waals surface area contributed by atoms with Crippen molar-refractivity contribution in [1.82, 2.24) is 15.3 Å². The van der Waals surface area contributed by atoms with E-state index in [9.17, 15) is 14.4 Å². The number of anilines is 1. The summed E-state index contributed by atoms with van der Waals surface area (Å²) in [4.78, 5) is 42.2. The van der Waals surface area contributed by atoms with Crippen molar-refractivity contribution < 1.29 is 9.59 Å². The molecule has 0 spiro atoms. The molecule has 0 radical (unpaired) electrons. The van der Waals surface area contributed by atoms with E-state index in [1.807, 2.05) is 32.0 Å². The summed E-state index contributed by atoms with van der Waals surface area (Å²) in [5.74, 6) is -0.492. The van der Waals surface area contributed by atoms with E-state index in [0.29, 0.717) is 27.8 Å². The number of hydrogen-bond donors (Lipinski definition) is 4. The first kappa shape index (κ1) is 20.2. The summed E-state index contributed by atoms with van der Waals surface area (Å²) in [5.41, 5.74) is 4.42. The molecule has 0 aliphatic carbocycles. The summed E-state index contributed by atoms with van der Waals surface area (Å²) < 4.78 is 0. The topological polar surface area (TPSA) is 107 Å². The van der Waals surface area contributed by atoms with Gasteiger partial charge < -0.3 is 20.6 Å². The van der Waals surface area contributed by atoms with Crippen molar-refractivity contribution >= 4 is 28.5 Å². The number of carbonyl (C=O) groups is 2. The Kier molecular flexibility index (Phi) is 5.41. The second kappa shape index (κ2) is 8.31. The number of hydrogen-bond acceptors (Lipinski definition) is 3. The Labute approximate surface area is 178 Å². The van der Waals surface area contributed by atoms with Crippen molar-refractivity contribution in [2.75, 3.05) is 5.32 Å². The number of benzene rings is 3. The Bertz CT molecular complexity index is 1320. The summed E-state index contributed by atoms with van der Waals surface area (Å²) in [6, 6.07) is 19.3. The molecular weight excluding hydrogens is 392 g/mol. The van der Waals surface area contributed by atoms with E-state index in [-0.39, 0.29) is 23.5 Å². The van der Waals surface area contributed by atoms with Crippen molar-refractivity contribution in [3.63, 3.8) is 0 Å². The molecular formula is C24H22N4O3. The molecule has 31 heavy (non-hydrogen) atoms. The third-order valence-electron chi connectivity index (χ3n) is 5.17. The summed E-state index contributed by atoms with van der Waals surface area (Å²) in [5, 5.41) is 5.83. The molecule has 4 N–H and O–H groups in total. The number of nitrogens with one attached hydrogen (secondary N) is 4. The number of carbonyl (C=O) groups excluding carboxylic acids is 2. The van der Waals surface area contributed by atoms with Crippen molar-refractivity contribution in [3.8, 4) is 0 Å². The molecule has 7 nitrogen and oxygen atoms in total. The molecule has 1 heterocycles. The Morgan fingerprint density at radius 1 is 0.839 bits per heavy atom. The second-order valence-corrected chi connectivity index (χ2v) is 7.43. The van der Waals surface area contributed by atoms with E-state index in [0.717, 1.165) is 11.1 Å². The van der Waals surface area contributed by atoms with Gasteiger partial charge in [-0.25, -0.2) is 4.79 Å². The number of fused-ring (bicyclic) bond motifs is 1. The number of amides is 2. The molecule has 3 aromatic carbocycles. The molecule has 4 aromatic rings. The highest BCUT2D eigenvalue weighted by atomic mass is 16.2. The van der Waals surface area contributed by atoms with Crippen LogP contribution >= 0.6 is 0 Å². The average molecular weight is 414 g/mol. The van der Waals surface area contributed by atoms with Gasteiger partial charge in [0.1, 0.15) is 0 Å². The van der Waals surface area contributed by atoms with Crippen LogP contribution in [0.1, 0.15) is 44.8 Å². The Hall–Kier alpha value is -4.13. The van der Waals surface area contributed by atoms with Crippen molar-refractivity contribution in [2.45, 2.75) is 19.9 Å². The summed E-state index contributed by atoms with van der Waals surface area (Å²) in [7, 11) is 0. The molecule has 0 bridgehead atoms. The third kappa shape index (κ3) is 4.40. The molecule has 1 unspecified atom stereocenters. The van der Waals surface area contributed by atoms with Crippen LogP contribution in [0.3, 0.4) is 0 Å². The number of imidazole rings is 1. The molecule has 1 aromatic heterocycles.